The van der Waals surface area contributed by atoms with Gasteiger partial charge in [0.15, 0.2) is 0 Å². The first kappa shape index (κ1) is 20.2. The van der Waals surface area contributed by atoms with E-state index in [-0.39, 0.29) is 0 Å². The van der Waals surface area contributed by atoms with Crippen molar-refractivity contribution in [3.05, 3.63) is 29.8 Å². The Hall–Kier alpha value is -0.870. The van der Waals surface area contributed by atoms with Crippen LogP contribution in [0.4, 0.5) is 0 Å². The minimum atomic E-state index is -3.35. The summed E-state index contributed by atoms with van der Waals surface area (Å²) in [6.45, 7) is 4.91. The van der Waals surface area contributed by atoms with Gasteiger partial charge < -0.3 is 0 Å². The lowest BCUT2D eigenvalue weighted by molar-refractivity contribution is 0.563. The predicted octanol–water partition coefficient (Wildman–Crippen LogP) is 5.06. The maximum absolute atomic E-state index is 12.2. The zero-order valence-corrected chi connectivity index (χ0v) is 15.6. The van der Waals surface area contributed by atoms with Gasteiger partial charge in [-0.3, -0.25) is 0 Å². The topological polar surface area (TPSA) is 46.2 Å². The summed E-state index contributed by atoms with van der Waals surface area (Å²) in [5, 5.41) is 0. The van der Waals surface area contributed by atoms with Gasteiger partial charge in [-0.05, 0) is 37.0 Å². The quantitative estimate of drug-likeness (QED) is 0.511. The lowest BCUT2D eigenvalue weighted by Crippen LogP contribution is -2.24. The molecule has 0 saturated heterocycles. The third kappa shape index (κ3) is 8.52. The molecule has 0 radical (unpaired) electrons. The Balaban J connectivity index is 2.29. The molecule has 0 bridgehead atoms. The molecule has 132 valence electrons. The highest BCUT2D eigenvalue weighted by molar-refractivity contribution is 7.89. The number of hydrogen-bond acceptors (Lipinski definition) is 2. The summed E-state index contributed by atoms with van der Waals surface area (Å²) in [7, 11) is -3.35. The molecular formula is C19H33NO2S. The van der Waals surface area contributed by atoms with E-state index in [1.165, 1.54) is 37.7 Å². The molecule has 1 aromatic carbocycles. The second-order valence-corrected chi connectivity index (χ2v) is 8.03. The van der Waals surface area contributed by atoms with E-state index in [9.17, 15) is 8.42 Å². The molecule has 0 heterocycles. The van der Waals surface area contributed by atoms with Crippen LogP contribution in [0.1, 0.15) is 77.2 Å². The zero-order chi connectivity index (χ0) is 17.0. The van der Waals surface area contributed by atoms with E-state index < -0.39 is 10.0 Å². The minimum Gasteiger partial charge on any atom is -0.211 e. The molecule has 0 aliphatic heterocycles. The number of nitrogens with one attached hydrogen (secondary N) is 1. The van der Waals surface area contributed by atoms with E-state index in [1.807, 2.05) is 12.1 Å². The van der Waals surface area contributed by atoms with Gasteiger partial charge in [0.05, 0.1) is 4.90 Å². The number of aryl methyl sites for hydroxylation is 1. The number of benzene rings is 1. The number of sulfonamides is 1. The normalized spacial score (nSPS) is 11.7. The molecule has 0 aliphatic rings. The van der Waals surface area contributed by atoms with Crippen LogP contribution in [-0.4, -0.2) is 15.0 Å². The fraction of sp³-hybridized carbons (Fsp3) is 0.684. The van der Waals surface area contributed by atoms with Crippen LogP contribution in [0.3, 0.4) is 0 Å². The smallest absolute Gasteiger partial charge is 0.211 e. The van der Waals surface area contributed by atoms with Gasteiger partial charge in [0.25, 0.3) is 0 Å². The average molecular weight is 340 g/mol. The summed E-state index contributed by atoms with van der Waals surface area (Å²) in [6, 6.07) is 7.30. The fourth-order valence-electron chi connectivity index (χ4n) is 2.59. The van der Waals surface area contributed by atoms with Crippen molar-refractivity contribution in [3.63, 3.8) is 0 Å². The fourth-order valence-corrected chi connectivity index (χ4v) is 3.66. The molecule has 0 atom stereocenters. The van der Waals surface area contributed by atoms with Crippen molar-refractivity contribution in [2.45, 2.75) is 83.0 Å². The van der Waals surface area contributed by atoms with Crippen LogP contribution in [0, 0.1) is 0 Å². The summed E-state index contributed by atoms with van der Waals surface area (Å²) in [6.07, 6.45) is 11.7. The molecule has 0 aromatic heterocycles. The molecule has 0 spiro atoms. The molecule has 0 amide bonds. The van der Waals surface area contributed by atoms with Crippen LogP contribution in [0.15, 0.2) is 29.2 Å². The van der Waals surface area contributed by atoms with Gasteiger partial charge in [-0.2, -0.15) is 0 Å². The van der Waals surface area contributed by atoms with Crippen molar-refractivity contribution in [2.75, 3.05) is 6.54 Å². The Labute approximate surface area is 142 Å². The van der Waals surface area contributed by atoms with Gasteiger partial charge in [-0.25, -0.2) is 13.1 Å². The van der Waals surface area contributed by atoms with E-state index in [0.29, 0.717) is 11.4 Å². The van der Waals surface area contributed by atoms with Gasteiger partial charge >= 0.3 is 0 Å². The standard InChI is InChI=1S/C19H33NO2S/c1-3-5-7-8-9-10-11-17-20-23(21,22)19-15-13-18(14-16-19)12-6-4-2/h13-16,20H,3-12,17H2,1-2H3. The minimum absolute atomic E-state index is 0.376. The molecular weight excluding hydrogens is 306 g/mol. The van der Waals surface area contributed by atoms with E-state index in [4.69, 9.17) is 0 Å². The Morgan fingerprint density at radius 2 is 1.35 bits per heavy atom. The van der Waals surface area contributed by atoms with Crippen molar-refractivity contribution in [3.8, 4) is 0 Å². The summed E-state index contributed by atoms with van der Waals surface area (Å²) >= 11 is 0. The summed E-state index contributed by atoms with van der Waals surface area (Å²) in [5.74, 6) is 0. The number of rotatable bonds is 13. The summed E-state index contributed by atoms with van der Waals surface area (Å²) in [4.78, 5) is 0.376. The second-order valence-electron chi connectivity index (χ2n) is 6.27. The van der Waals surface area contributed by atoms with Gasteiger partial charge in [-0.1, -0.05) is 70.9 Å². The van der Waals surface area contributed by atoms with Crippen molar-refractivity contribution >= 4 is 10.0 Å². The van der Waals surface area contributed by atoms with Crippen molar-refractivity contribution in [1.29, 1.82) is 0 Å². The first-order valence-corrected chi connectivity index (χ1v) is 10.7. The number of hydrogen-bond donors (Lipinski definition) is 1. The number of unbranched alkanes of at least 4 members (excludes halogenated alkanes) is 7. The summed E-state index contributed by atoms with van der Waals surface area (Å²) < 4.78 is 27.2. The van der Waals surface area contributed by atoms with E-state index >= 15 is 0 Å². The molecule has 23 heavy (non-hydrogen) atoms. The summed E-state index contributed by atoms with van der Waals surface area (Å²) in [5.41, 5.74) is 1.21. The van der Waals surface area contributed by atoms with Crippen LogP contribution in [-0.2, 0) is 16.4 Å². The maximum atomic E-state index is 12.2. The van der Waals surface area contributed by atoms with Gasteiger partial charge in [-0.15, -0.1) is 0 Å². The Morgan fingerprint density at radius 3 is 1.96 bits per heavy atom. The molecule has 0 fully saturated rings. The first-order chi connectivity index (χ1) is 11.1. The molecule has 4 heteroatoms. The van der Waals surface area contributed by atoms with Crippen LogP contribution in [0.5, 0.6) is 0 Å². The van der Waals surface area contributed by atoms with Crippen LogP contribution >= 0.6 is 0 Å². The highest BCUT2D eigenvalue weighted by Crippen LogP contribution is 2.13. The molecule has 1 rings (SSSR count). The Bertz CT molecular complexity index is 509. The van der Waals surface area contributed by atoms with Crippen molar-refractivity contribution < 1.29 is 8.42 Å². The van der Waals surface area contributed by atoms with Crippen LogP contribution in [0.25, 0.3) is 0 Å². The lowest BCUT2D eigenvalue weighted by Gasteiger charge is -2.08. The van der Waals surface area contributed by atoms with Gasteiger partial charge in [0.2, 0.25) is 10.0 Å². The van der Waals surface area contributed by atoms with Gasteiger partial charge in [0.1, 0.15) is 0 Å². The largest absolute Gasteiger partial charge is 0.240 e. The maximum Gasteiger partial charge on any atom is 0.240 e. The van der Waals surface area contributed by atoms with Gasteiger partial charge in [0, 0.05) is 6.54 Å². The lowest BCUT2D eigenvalue weighted by atomic mass is 10.1. The molecule has 1 N–H and O–H groups in total. The Morgan fingerprint density at radius 1 is 0.783 bits per heavy atom. The van der Waals surface area contributed by atoms with Crippen molar-refractivity contribution in [1.82, 2.24) is 4.72 Å². The highest BCUT2D eigenvalue weighted by atomic mass is 32.2. The van der Waals surface area contributed by atoms with E-state index in [2.05, 4.69) is 18.6 Å². The molecule has 0 unspecified atom stereocenters. The molecule has 3 nitrogen and oxygen atoms in total. The van der Waals surface area contributed by atoms with Crippen molar-refractivity contribution in [2.24, 2.45) is 0 Å². The third-order valence-electron chi connectivity index (χ3n) is 4.13. The molecule has 1 aromatic rings. The third-order valence-corrected chi connectivity index (χ3v) is 5.60. The van der Waals surface area contributed by atoms with Crippen LogP contribution < -0.4 is 4.72 Å². The van der Waals surface area contributed by atoms with E-state index in [0.717, 1.165) is 32.1 Å². The second kappa shape index (κ2) is 11.6. The van der Waals surface area contributed by atoms with Crippen LogP contribution in [0.2, 0.25) is 0 Å². The molecule has 0 aliphatic carbocycles. The zero-order valence-electron chi connectivity index (χ0n) is 14.8. The monoisotopic (exact) mass is 339 g/mol. The average Bonchev–Trinajstić information content (AvgIpc) is 2.55. The molecule has 0 saturated carbocycles. The SMILES string of the molecule is CCCCCCCCCNS(=O)(=O)c1ccc(CCCC)cc1. The predicted molar refractivity (Wildman–Crippen MR) is 98.2 cm³/mol. The highest BCUT2D eigenvalue weighted by Gasteiger charge is 2.12. The van der Waals surface area contributed by atoms with E-state index in [1.54, 1.807) is 12.1 Å². The Kier molecular flexibility index (Phi) is 10.2. The first-order valence-electron chi connectivity index (χ1n) is 9.18.